The summed E-state index contributed by atoms with van der Waals surface area (Å²) < 4.78 is 6.02. The third-order valence-electron chi connectivity index (χ3n) is 3.81. The highest BCUT2D eigenvalue weighted by Crippen LogP contribution is 2.36. The largest absolute Gasteiger partial charge is 0.479 e. The second-order valence-electron chi connectivity index (χ2n) is 5.66. The first-order valence-corrected chi connectivity index (χ1v) is 9.56. The first-order chi connectivity index (χ1) is 13.5. The number of hydrazone groups is 1. The van der Waals surface area contributed by atoms with Crippen LogP contribution < -0.4 is 5.43 Å². The van der Waals surface area contributed by atoms with Gasteiger partial charge in [0, 0.05) is 20.7 Å². The van der Waals surface area contributed by atoms with Gasteiger partial charge in [0.15, 0.2) is 5.69 Å². The molecule has 4 aromatic rings. The molecule has 0 unspecified atom stereocenters. The predicted octanol–water partition coefficient (Wildman–Crippen LogP) is 5.33. The average molecular weight is 432 g/mol. The summed E-state index contributed by atoms with van der Waals surface area (Å²) in [7, 11) is 0. The molecule has 9 heteroatoms. The summed E-state index contributed by atoms with van der Waals surface area (Å²) >= 11 is 13.5. The number of carbonyl (C=O) groups excluding carboxylic acids is 1. The fraction of sp³-hybridized carbons (Fsp3) is 0. The van der Waals surface area contributed by atoms with Crippen molar-refractivity contribution >= 4 is 56.7 Å². The van der Waals surface area contributed by atoms with E-state index in [1.165, 1.54) is 17.6 Å². The molecule has 0 saturated heterocycles. The number of rotatable bonds is 4. The first-order valence-electron chi connectivity index (χ1n) is 7.99. The number of oxazole rings is 1. The van der Waals surface area contributed by atoms with E-state index in [-0.39, 0.29) is 11.6 Å². The van der Waals surface area contributed by atoms with E-state index in [9.17, 15) is 9.90 Å². The molecule has 0 fully saturated rings. The van der Waals surface area contributed by atoms with E-state index in [1.807, 2.05) is 18.2 Å². The zero-order valence-corrected chi connectivity index (χ0v) is 16.3. The Morgan fingerprint density at radius 2 is 2.00 bits per heavy atom. The first kappa shape index (κ1) is 18.5. The Bertz CT molecular complexity index is 1200. The van der Waals surface area contributed by atoms with Gasteiger partial charge in [0.25, 0.3) is 5.91 Å². The lowest BCUT2D eigenvalue weighted by Gasteiger charge is -1.96. The molecule has 0 aliphatic carbocycles. The number of aromatic hydroxyl groups is 1. The number of nitrogens with zero attached hydrogens (tertiary/aromatic N) is 2. The number of halogens is 2. The summed E-state index contributed by atoms with van der Waals surface area (Å²) in [5.41, 5.74) is 3.17. The predicted molar refractivity (Wildman–Crippen MR) is 111 cm³/mol. The van der Waals surface area contributed by atoms with Gasteiger partial charge < -0.3 is 9.52 Å². The van der Waals surface area contributed by atoms with Crippen LogP contribution in [-0.4, -0.2) is 22.2 Å². The van der Waals surface area contributed by atoms with Crippen molar-refractivity contribution in [3.05, 3.63) is 69.1 Å². The topological polar surface area (TPSA) is 87.7 Å². The Balaban J connectivity index is 1.52. The lowest BCUT2D eigenvalue weighted by atomic mass is 10.2. The number of aromatic nitrogens is 1. The molecule has 0 bridgehead atoms. The van der Waals surface area contributed by atoms with Gasteiger partial charge in [-0.2, -0.15) is 5.10 Å². The molecule has 6 nitrogen and oxygen atoms in total. The number of carbonyl (C=O) groups is 1. The lowest BCUT2D eigenvalue weighted by molar-refractivity contribution is 0.0959. The van der Waals surface area contributed by atoms with Crippen molar-refractivity contribution in [1.29, 1.82) is 0 Å². The van der Waals surface area contributed by atoms with Gasteiger partial charge in [-0.25, -0.2) is 10.4 Å². The van der Waals surface area contributed by atoms with Gasteiger partial charge in [-0.05, 0) is 24.3 Å². The standard InChI is InChI=1S/C19H11Cl2N3O3S/c20-11-6-7-12-14(8-11)28-16(15(12)21)17(25)24-22-9-13-19(26)27-18(23-13)10-4-2-1-3-5-10/h1-9,26H,(H,24,25)/b22-9+. The van der Waals surface area contributed by atoms with E-state index in [2.05, 4.69) is 15.5 Å². The SMILES string of the molecule is O=C(N/N=C/c1nc(-c2ccccc2)oc1O)c1sc2cc(Cl)ccc2c1Cl. The van der Waals surface area contributed by atoms with Gasteiger partial charge in [0.1, 0.15) is 4.88 Å². The smallest absolute Gasteiger partial charge is 0.312 e. The maximum absolute atomic E-state index is 12.4. The summed E-state index contributed by atoms with van der Waals surface area (Å²) in [4.78, 5) is 16.9. The van der Waals surface area contributed by atoms with Gasteiger partial charge in [-0.1, -0.05) is 47.5 Å². The third-order valence-corrected chi connectivity index (χ3v) is 5.70. The Kier molecular flexibility index (Phi) is 5.04. The van der Waals surface area contributed by atoms with Gasteiger partial charge in [0.05, 0.1) is 11.2 Å². The summed E-state index contributed by atoms with van der Waals surface area (Å²) in [6.45, 7) is 0. The van der Waals surface area contributed by atoms with Crippen LogP contribution in [0.15, 0.2) is 58.0 Å². The van der Waals surface area contributed by atoms with E-state index in [0.29, 0.717) is 20.5 Å². The van der Waals surface area contributed by atoms with Crippen molar-refractivity contribution in [2.45, 2.75) is 0 Å². The zero-order valence-electron chi connectivity index (χ0n) is 14.0. The molecule has 0 aliphatic rings. The molecule has 0 atom stereocenters. The normalized spacial score (nSPS) is 11.4. The highest BCUT2D eigenvalue weighted by Gasteiger charge is 2.17. The molecule has 0 saturated carbocycles. The van der Waals surface area contributed by atoms with Crippen molar-refractivity contribution in [1.82, 2.24) is 10.4 Å². The number of amides is 1. The van der Waals surface area contributed by atoms with Crippen LogP contribution in [0.4, 0.5) is 0 Å². The molecule has 2 heterocycles. The summed E-state index contributed by atoms with van der Waals surface area (Å²) in [5, 5.41) is 15.3. The summed E-state index contributed by atoms with van der Waals surface area (Å²) in [6, 6.07) is 14.3. The molecule has 2 N–H and O–H groups in total. The van der Waals surface area contributed by atoms with Crippen molar-refractivity contribution in [3.63, 3.8) is 0 Å². The second-order valence-corrected chi connectivity index (χ2v) is 7.53. The highest BCUT2D eigenvalue weighted by atomic mass is 35.5. The maximum atomic E-state index is 12.4. The molecular weight excluding hydrogens is 421 g/mol. The van der Waals surface area contributed by atoms with Crippen molar-refractivity contribution in [2.24, 2.45) is 5.10 Å². The third kappa shape index (κ3) is 3.60. The molecule has 0 aliphatic heterocycles. The van der Waals surface area contributed by atoms with Crippen LogP contribution in [0.5, 0.6) is 5.95 Å². The van der Waals surface area contributed by atoms with Gasteiger partial charge in [0.2, 0.25) is 5.89 Å². The highest BCUT2D eigenvalue weighted by molar-refractivity contribution is 7.21. The van der Waals surface area contributed by atoms with Crippen molar-refractivity contribution in [2.75, 3.05) is 0 Å². The van der Waals surface area contributed by atoms with E-state index in [4.69, 9.17) is 27.6 Å². The number of benzene rings is 2. The Labute approximate surface area is 173 Å². The average Bonchev–Trinajstić information content (AvgIpc) is 3.22. The Hall–Kier alpha value is -2.87. The molecule has 1 amide bonds. The fourth-order valence-electron chi connectivity index (χ4n) is 2.50. The van der Waals surface area contributed by atoms with E-state index < -0.39 is 11.9 Å². The molecule has 0 spiro atoms. The van der Waals surface area contributed by atoms with Crippen LogP contribution in [-0.2, 0) is 0 Å². The minimum absolute atomic E-state index is 0.0911. The van der Waals surface area contributed by atoms with Crippen LogP contribution >= 0.6 is 34.5 Å². The van der Waals surface area contributed by atoms with Crippen molar-refractivity contribution in [3.8, 4) is 17.4 Å². The summed E-state index contributed by atoms with van der Waals surface area (Å²) in [6.07, 6.45) is 1.20. The van der Waals surface area contributed by atoms with E-state index >= 15 is 0 Å². The number of hydrogen-bond donors (Lipinski definition) is 2. The zero-order chi connectivity index (χ0) is 19.7. The number of nitrogens with one attached hydrogen (secondary N) is 1. The van der Waals surface area contributed by atoms with Crippen LogP contribution in [0.2, 0.25) is 10.0 Å². The molecule has 0 radical (unpaired) electrons. The quantitative estimate of drug-likeness (QED) is 0.337. The lowest BCUT2D eigenvalue weighted by Crippen LogP contribution is -2.16. The molecule has 4 rings (SSSR count). The van der Waals surface area contributed by atoms with Crippen LogP contribution in [0.1, 0.15) is 15.4 Å². The fourth-order valence-corrected chi connectivity index (χ4v) is 4.18. The van der Waals surface area contributed by atoms with Gasteiger partial charge in [-0.15, -0.1) is 11.3 Å². The van der Waals surface area contributed by atoms with E-state index in [1.54, 1.807) is 30.3 Å². The monoisotopic (exact) mass is 431 g/mol. The van der Waals surface area contributed by atoms with Crippen molar-refractivity contribution < 1.29 is 14.3 Å². The molecule has 2 aromatic heterocycles. The molecule has 140 valence electrons. The van der Waals surface area contributed by atoms with Crippen LogP contribution in [0.25, 0.3) is 21.5 Å². The number of hydrogen-bond acceptors (Lipinski definition) is 6. The molecule has 28 heavy (non-hydrogen) atoms. The Morgan fingerprint density at radius 1 is 1.21 bits per heavy atom. The molecule has 2 aromatic carbocycles. The van der Waals surface area contributed by atoms with Gasteiger partial charge in [-0.3, -0.25) is 4.79 Å². The van der Waals surface area contributed by atoms with Crippen LogP contribution in [0.3, 0.4) is 0 Å². The minimum atomic E-state index is -0.482. The number of fused-ring (bicyclic) bond motifs is 1. The van der Waals surface area contributed by atoms with Crippen LogP contribution in [0, 0.1) is 0 Å². The maximum Gasteiger partial charge on any atom is 0.312 e. The summed E-state index contributed by atoms with van der Waals surface area (Å²) in [5.74, 6) is -0.633. The minimum Gasteiger partial charge on any atom is -0.479 e. The molecular formula is C19H11Cl2N3O3S. The van der Waals surface area contributed by atoms with Gasteiger partial charge >= 0.3 is 5.95 Å². The Morgan fingerprint density at radius 3 is 2.79 bits per heavy atom. The number of thiophene rings is 1. The van der Waals surface area contributed by atoms with E-state index in [0.717, 1.165) is 10.1 Å². The second kappa shape index (κ2) is 7.63.